The number of hydrogen-bond donors (Lipinski definition) is 1. The quantitative estimate of drug-likeness (QED) is 0.799. The summed E-state index contributed by atoms with van der Waals surface area (Å²) in [6.45, 7) is 4.28. The third-order valence-corrected chi connectivity index (χ3v) is 2.63. The molecule has 1 unspecified atom stereocenters. The van der Waals surface area contributed by atoms with Crippen LogP contribution in [0, 0.1) is 18.3 Å². The molecule has 0 bridgehead atoms. The van der Waals surface area contributed by atoms with Crippen LogP contribution in [0.25, 0.3) is 0 Å². The lowest BCUT2D eigenvalue weighted by Gasteiger charge is -2.12. The van der Waals surface area contributed by atoms with Crippen LogP contribution in [0.4, 0.5) is 0 Å². The van der Waals surface area contributed by atoms with E-state index in [1.165, 1.54) is 7.11 Å². The van der Waals surface area contributed by atoms with Crippen LogP contribution < -0.4 is 5.32 Å². The molecule has 0 saturated heterocycles. The Morgan fingerprint density at radius 1 is 1.59 bits per heavy atom. The summed E-state index contributed by atoms with van der Waals surface area (Å²) in [7, 11) is 1.37. The van der Waals surface area contributed by atoms with Crippen molar-refractivity contribution in [2.75, 3.05) is 7.11 Å². The van der Waals surface area contributed by atoms with Gasteiger partial charge in [-0.05, 0) is 37.1 Å². The average molecular weight is 232 g/mol. The monoisotopic (exact) mass is 232 g/mol. The zero-order chi connectivity index (χ0) is 12.8. The molecule has 0 aliphatic carbocycles. The average Bonchev–Trinajstić information content (AvgIpc) is 2.35. The van der Waals surface area contributed by atoms with E-state index in [4.69, 9.17) is 5.26 Å². The number of aryl methyl sites for hydroxylation is 1. The van der Waals surface area contributed by atoms with Gasteiger partial charge in [-0.3, -0.25) is 4.79 Å². The number of methoxy groups -OCH3 is 1. The van der Waals surface area contributed by atoms with Gasteiger partial charge < -0.3 is 10.1 Å². The smallest absolute Gasteiger partial charge is 0.322 e. The van der Waals surface area contributed by atoms with Crippen LogP contribution in [0.15, 0.2) is 18.2 Å². The lowest BCUT2D eigenvalue weighted by molar-refractivity contribution is -0.142. The van der Waals surface area contributed by atoms with Crippen molar-refractivity contribution in [3.05, 3.63) is 34.9 Å². The molecule has 0 fully saturated rings. The van der Waals surface area contributed by atoms with E-state index in [0.717, 1.165) is 11.1 Å². The molecule has 0 aliphatic heterocycles. The maximum atomic E-state index is 11.2. The van der Waals surface area contributed by atoms with E-state index in [-0.39, 0.29) is 12.0 Å². The first-order valence-electron chi connectivity index (χ1n) is 5.39. The second-order valence-corrected chi connectivity index (χ2v) is 3.88. The van der Waals surface area contributed by atoms with Crippen molar-refractivity contribution in [2.24, 2.45) is 0 Å². The predicted octanol–water partition coefficient (Wildman–Crippen LogP) is 1.52. The van der Waals surface area contributed by atoms with Crippen LogP contribution in [0.1, 0.15) is 23.6 Å². The first-order chi connectivity index (χ1) is 8.08. The van der Waals surface area contributed by atoms with Crippen molar-refractivity contribution in [2.45, 2.75) is 26.4 Å². The summed E-state index contributed by atoms with van der Waals surface area (Å²) in [5.74, 6) is -0.281. The van der Waals surface area contributed by atoms with Gasteiger partial charge in [0, 0.05) is 6.54 Å². The van der Waals surface area contributed by atoms with Crippen molar-refractivity contribution < 1.29 is 9.53 Å². The van der Waals surface area contributed by atoms with Crippen molar-refractivity contribution in [3.8, 4) is 6.07 Å². The van der Waals surface area contributed by atoms with Crippen LogP contribution in [0.2, 0.25) is 0 Å². The minimum Gasteiger partial charge on any atom is -0.468 e. The summed E-state index contributed by atoms with van der Waals surface area (Å²) in [5, 5.41) is 11.8. The van der Waals surface area contributed by atoms with E-state index < -0.39 is 0 Å². The Labute approximate surface area is 101 Å². The first-order valence-corrected chi connectivity index (χ1v) is 5.39. The summed E-state index contributed by atoms with van der Waals surface area (Å²) in [4.78, 5) is 11.2. The van der Waals surface area contributed by atoms with Crippen molar-refractivity contribution in [1.29, 1.82) is 5.26 Å². The van der Waals surface area contributed by atoms with Gasteiger partial charge in [0.2, 0.25) is 0 Å². The third-order valence-electron chi connectivity index (χ3n) is 2.63. The topological polar surface area (TPSA) is 62.1 Å². The van der Waals surface area contributed by atoms with Gasteiger partial charge in [0.05, 0.1) is 18.7 Å². The van der Waals surface area contributed by atoms with Crippen LogP contribution in [-0.2, 0) is 16.1 Å². The van der Waals surface area contributed by atoms with Crippen molar-refractivity contribution in [1.82, 2.24) is 5.32 Å². The van der Waals surface area contributed by atoms with E-state index in [1.54, 1.807) is 13.0 Å². The molecule has 0 amide bonds. The summed E-state index contributed by atoms with van der Waals surface area (Å²) >= 11 is 0. The van der Waals surface area contributed by atoms with Gasteiger partial charge >= 0.3 is 5.97 Å². The summed E-state index contributed by atoms with van der Waals surface area (Å²) in [6.07, 6.45) is 0. The molecule has 4 nitrogen and oxygen atoms in total. The van der Waals surface area contributed by atoms with Crippen molar-refractivity contribution in [3.63, 3.8) is 0 Å². The number of hydrogen-bond acceptors (Lipinski definition) is 4. The molecule has 4 heteroatoms. The van der Waals surface area contributed by atoms with Gasteiger partial charge in [-0.15, -0.1) is 0 Å². The van der Waals surface area contributed by atoms with Gasteiger partial charge in [-0.25, -0.2) is 0 Å². The molecule has 1 aromatic rings. The fourth-order valence-corrected chi connectivity index (χ4v) is 1.49. The summed E-state index contributed by atoms with van der Waals surface area (Å²) < 4.78 is 4.62. The molecular formula is C13H16N2O2. The number of carbonyl (C=O) groups excluding carboxylic acids is 1. The Balaban J connectivity index is 2.64. The molecule has 0 radical (unpaired) electrons. The van der Waals surface area contributed by atoms with Crippen LogP contribution in [0.3, 0.4) is 0 Å². The molecule has 0 aliphatic rings. The highest BCUT2D eigenvalue weighted by Gasteiger charge is 2.12. The maximum absolute atomic E-state index is 11.2. The Bertz CT molecular complexity index is 449. The lowest BCUT2D eigenvalue weighted by Crippen LogP contribution is -2.34. The van der Waals surface area contributed by atoms with Crippen LogP contribution in [-0.4, -0.2) is 19.1 Å². The Hall–Kier alpha value is -1.86. The number of esters is 1. The lowest BCUT2D eigenvalue weighted by atomic mass is 10.1. The number of nitrogens with one attached hydrogen (secondary N) is 1. The number of nitrogens with zero attached hydrogens (tertiary/aromatic N) is 1. The second kappa shape index (κ2) is 6.02. The number of benzene rings is 1. The molecule has 0 saturated carbocycles. The second-order valence-electron chi connectivity index (χ2n) is 3.88. The highest BCUT2D eigenvalue weighted by molar-refractivity contribution is 5.75. The zero-order valence-electron chi connectivity index (χ0n) is 10.3. The van der Waals surface area contributed by atoms with Crippen LogP contribution >= 0.6 is 0 Å². The van der Waals surface area contributed by atoms with E-state index in [1.807, 2.05) is 19.1 Å². The minimum atomic E-state index is -0.338. The van der Waals surface area contributed by atoms with E-state index >= 15 is 0 Å². The molecule has 1 rings (SSSR count). The molecule has 0 heterocycles. The molecule has 1 aromatic carbocycles. The van der Waals surface area contributed by atoms with E-state index in [9.17, 15) is 4.79 Å². The standard InChI is InChI=1S/C13H16N2O2/c1-9-6-11(7-14)4-5-12(9)8-15-10(2)13(16)17-3/h4-6,10,15H,8H2,1-3H3. The highest BCUT2D eigenvalue weighted by Crippen LogP contribution is 2.10. The molecule has 0 spiro atoms. The predicted molar refractivity (Wildman–Crippen MR) is 64.2 cm³/mol. The number of rotatable bonds is 4. The normalized spacial score (nSPS) is 11.6. The van der Waals surface area contributed by atoms with E-state index in [2.05, 4.69) is 16.1 Å². The number of ether oxygens (including phenoxy) is 1. The number of carbonyl (C=O) groups is 1. The summed E-state index contributed by atoms with van der Waals surface area (Å²) in [6, 6.07) is 7.25. The molecule has 90 valence electrons. The highest BCUT2D eigenvalue weighted by atomic mass is 16.5. The molecule has 17 heavy (non-hydrogen) atoms. The fraction of sp³-hybridized carbons (Fsp3) is 0.385. The van der Waals surface area contributed by atoms with E-state index in [0.29, 0.717) is 12.1 Å². The molecular weight excluding hydrogens is 216 g/mol. The van der Waals surface area contributed by atoms with Crippen molar-refractivity contribution >= 4 is 5.97 Å². The molecule has 0 aromatic heterocycles. The third kappa shape index (κ3) is 3.58. The Kier molecular flexibility index (Phi) is 4.68. The fourth-order valence-electron chi connectivity index (χ4n) is 1.49. The largest absolute Gasteiger partial charge is 0.468 e. The molecule has 1 N–H and O–H groups in total. The van der Waals surface area contributed by atoms with Gasteiger partial charge in [-0.1, -0.05) is 6.07 Å². The van der Waals surface area contributed by atoms with Gasteiger partial charge in [0.15, 0.2) is 0 Å². The first kappa shape index (κ1) is 13.2. The van der Waals surface area contributed by atoms with Gasteiger partial charge in [-0.2, -0.15) is 5.26 Å². The SMILES string of the molecule is COC(=O)C(C)NCc1ccc(C#N)cc1C. The molecule has 1 atom stereocenters. The Morgan fingerprint density at radius 3 is 2.82 bits per heavy atom. The summed E-state index contributed by atoms with van der Waals surface area (Å²) in [5.41, 5.74) is 2.75. The van der Waals surface area contributed by atoms with Gasteiger partial charge in [0.1, 0.15) is 6.04 Å². The van der Waals surface area contributed by atoms with Crippen LogP contribution in [0.5, 0.6) is 0 Å². The zero-order valence-corrected chi connectivity index (χ0v) is 10.3. The Morgan fingerprint density at radius 2 is 2.29 bits per heavy atom. The number of nitriles is 1. The minimum absolute atomic E-state index is 0.281. The maximum Gasteiger partial charge on any atom is 0.322 e. The van der Waals surface area contributed by atoms with Gasteiger partial charge in [0.25, 0.3) is 0 Å².